The van der Waals surface area contributed by atoms with Gasteiger partial charge in [0.25, 0.3) is 0 Å². The number of nitrogens with one attached hydrogen (secondary N) is 1. The molecule has 0 aromatic carbocycles. The molecule has 1 atom stereocenters. The summed E-state index contributed by atoms with van der Waals surface area (Å²) in [4.78, 5) is 12.5. The lowest BCUT2D eigenvalue weighted by Crippen LogP contribution is -2.36. The zero-order chi connectivity index (χ0) is 17.5. The van der Waals surface area contributed by atoms with Crippen molar-refractivity contribution in [2.24, 2.45) is 5.92 Å². The zero-order valence-corrected chi connectivity index (χ0v) is 15.2. The minimum absolute atomic E-state index is 0.0951. The summed E-state index contributed by atoms with van der Waals surface area (Å²) in [7, 11) is 0. The van der Waals surface area contributed by atoms with Gasteiger partial charge in [-0.2, -0.15) is 5.10 Å². The molecule has 2 aromatic rings. The van der Waals surface area contributed by atoms with Gasteiger partial charge in [-0.15, -0.1) is 0 Å². The van der Waals surface area contributed by atoms with Crippen molar-refractivity contribution in [1.82, 2.24) is 15.1 Å². The molecule has 0 saturated heterocycles. The van der Waals surface area contributed by atoms with E-state index in [1.165, 1.54) is 0 Å². The SMILES string of the molecule is CCCC(CCC)C(=O)NCC(c1ccco1)n1nc(C)cc1C. The number of hydrogen-bond acceptors (Lipinski definition) is 3. The largest absolute Gasteiger partial charge is 0.467 e. The van der Waals surface area contributed by atoms with E-state index in [0.29, 0.717) is 6.54 Å². The van der Waals surface area contributed by atoms with E-state index in [1.807, 2.05) is 36.7 Å². The predicted molar refractivity (Wildman–Crippen MR) is 94.9 cm³/mol. The van der Waals surface area contributed by atoms with Crippen LogP contribution in [0.2, 0.25) is 0 Å². The summed E-state index contributed by atoms with van der Waals surface area (Å²) in [6.45, 7) is 8.72. The number of amides is 1. The molecule has 0 saturated carbocycles. The lowest BCUT2D eigenvalue weighted by Gasteiger charge is -2.20. The fourth-order valence-corrected chi connectivity index (χ4v) is 3.20. The van der Waals surface area contributed by atoms with Crippen molar-refractivity contribution in [1.29, 1.82) is 0 Å². The van der Waals surface area contributed by atoms with Crippen molar-refractivity contribution in [2.75, 3.05) is 6.54 Å². The van der Waals surface area contributed by atoms with E-state index < -0.39 is 0 Å². The molecule has 24 heavy (non-hydrogen) atoms. The molecule has 0 bridgehead atoms. The third-order valence-corrected chi connectivity index (χ3v) is 4.33. The van der Waals surface area contributed by atoms with Crippen LogP contribution in [0.5, 0.6) is 0 Å². The molecule has 1 N–H and O–H groups in total. The molecule has 132 valence electrons. The van der Waals surface area contributed by atoms with E-state index in [0.717, 1.165) is 42.8 Å². The highest BCUT2D eigenvalue weighted by atomic mass is 16.3. The number of aryl methyl sites for hydroxylation is 2. The van der Waals surface area contributed by atoms with Gasteiger partial charge in [0, 0.05) is 18.2 Å². The summed E-state index contributed by atoms with van der Waals surface area (Å²) in [5.41, 5.74) is 2.02. The fraction of sp³-hybridized carbons (Fsp3) is 0.579. The van der Waals surface area contributed by atoms with Gasteiger partial charge in [-0.25, -0.2) is 0 Å². The lowest BCUT2D eigenvalue weighted by molar-refractivity contribution is -0.125. The molecular weight excluding hydrogens is 302 g/mol. The average molecular weight is 331 g/mol. The Morgan fingerprint density at radius 1 is 1.29 bits per heavy atom. The molecule has 2 rings (SSSR count). The smallest absolute Gasteiger partial charge is 0.223 e. The van der Waals surface area contributed by atoms with Crippen LogP contribution in [0.25, 0.3) is 0 Å². The van der Waals surface area contributed by atoms with E-state index in [-0.39, 0.29) is 17.9 Å². The monoisotopic (exact) mass is 331 g/mol. The van der Waals surface area contributed by atoms with Gasteiger partial charge in [-0.05, 0) is 44.9 Å². The number of hydrogen-bond donors (Lipinski definition) is 1. The first-order valence-electron chi connectivity index (χ1n) is 8.90. The van der Waals surface area contributed by atoms with Gasteiger partial charge in [0.2, 0.25) is 5.91 Å². The van der Waals surface area contributed by atoms with Crippen molar-refractivity contribution in [3.8, 4) is 0 Å². The molecule has 2 heterocycles. The van der Waals surface area contributed by atoms with Crippen LogP contribution in [0.3, 0.4) is 0 Å². The minimum Gasteiger partial charge on any atom is -0.467 e. The van der Waals surface area contributed by atoms with Crippen molar-refractivity contribution in [3.63, 3.8) is 0 Å². The van der Waals surface area contributed by atoms with E-state index in [9.17, 15) is 4.79 Å². The average Bonchev–Trinajstić information content (AvgIpc) is 3.18. The molecule has 2 aromatic heterocycles. The van der Waals surface area contributed by atoms with Crippen molar-refractivity contribution >= 4 is 5.91 Å². The van der Waals surface area contributed by atoms with E-state index in [2.05, 4.69) is 24.3 Å². The molecule has 0 spiro atoms. The maximum Gasteiger partial charge on any atom is 0.223 e. The van der Waals surface area contributed by atoms with Gasteiger partial charge in [0.05, 0.1) is 12.0 Å². The standard InChI is InChI=1S/C19H29N3O2/c1-5-8-16(9-6-2)19(23)20-13-17(18-10-7-11-24-18)22-15(4)12-14(3)21-22/h7,10-12,16-17H,5-6,8-9,13H2,1-4H3,(H,20,23). The summed E-state index contributed by atoms with van der Waals surface area (Å²) in [6.07, 6.45) is 5.58. The number of aromatic nitrogens is 2. The van der Waals surface area contributed by atoms with Gasteiger partial charge in [-0.1, -0.05) is 26.7 Å². The molecule has 0 aliphatic carbocycles. The first-order valence-corrected chi connectivity index (χ1v) is 8.90. The Morgan fingerprint density at radius 2 is 2.00 bits per heavy atom. The summed E-state index contributed by atoms with van der Waals surface area (Å²) in [6, 6.07) is 5.71. The van der Waals surface area contributed by atoms with Crippen molar-refractivity contribution < 1.29 is 9.21 Å². The Labute approximate surface area is 144 Å². The van der Waals surface area contributed by atoms with Crippen LogP contribution < -0.4 is 5.32 Å². The third-order valence-electron chi connectivity index (χ3n) is 4.33. The quantitative estimate of drug-likeness (QED) is 0.755. The number of carbonyl (C=O) groups is 1. The number of rotatable bonds is 9. The normalized spacial score (nSPS) is 12.5. The van der Waals surface area contributed by atoms with Gasteiger partial charge < -0.3 is 9.73 Å². The van der Waals surface area contributed by atoms with Gasteiger partial charge >= 0.3 is 0 Å². The summed E-state index contributed by atoms with van der Waals surface area (Å²) >= 11 is 0. The Kier molecular flexibility index (Phi) is 6.64. The highest BCUT2D eigenvalue weighted by Crippen LogP contribution is 2.21. The van der Waals surface area contributed by atoms with Crippen LogP contribution in [0.1, 0.15) is 62.7 Å². The first-order chi connectivity index (χ1) is 11.6. The van der Waals surface area contributed by atoms with E-state index >= 15 is 0 Å². The number of nitrogens with zero attached hydrogens (tertiary/aromatic N) is 2. The van der Waals surface area contributed by atoms with Crippen molar-refractivity contribution in [2.45, 2.75) is 59.4 Å². The molecule has 5 heteroatoms. The van der Waals surface area contributed by atoms with Crippen LogP contribution in [-0.4, -0.2) is 22.2 Å². The second-order valence-corrected chi connectivity index (χ2v) is 6.42. The lowest BCUT2D eigenvalue weighted by atomic mass is 9.97. The molecule has 0 radical (unpaired) electrons. The Balaban J connectivity index is 2.12. The summed E-state index contributed by atoms with van der Waals surface area (Å²) in [5, 5.41) is 7.68. The van der Waals surface area contributed by atoms with E-state index in [4.69, 9.17) is 4.42 Å². The van der Waals surface area contributed by atoms with Crippen molar-refractivity contribution in [3.05, 3.63) is 41.6 Å². The maximum absolute atomic E-state index is 12.5. The molecule has 1 unspecified atom stereocenters. The van der Waals surface area contributed by atoms with Gasteiger partial charge in [0.15, 0.2) is 0 Å². The van der Waals surface area contributed by atoms with E-state index in [1.54, 1.807) is 6.26 Å². The molecular formula is C19H29N3O2. The first kappa shape index (κ1) is 18.3. The maximum atomic E-state index is 12.5. The Hall–Kier alpha value is -2.04. The summed E-state index contributed by atoms with van der Waals surface area (Å²) < 4.78 is 7.52. The van der Waals surface area contributed by atoms with Gasteiger partial charge in [-0.3, -0.25) is 9.48 Å². The summed E-state index contributed by atoms with van der Waals surface area (Å²) in [5.74, 6) is 1.04. The van der Waals surface area contributed by atoms with Crippen LogP contribution >= 0.6 is 0 Å². The molecule has 0 fully saturated rings. The predicted octanol–water partition coefficient (Wildman–Crippen LogP) is 4.01. The second-order valence-electron chi connectivity index (χ2n) is 6.42. The van der Waals surface area contributed by atoms with Crippen LogP contribution in [0.4, 0.5) is 0 Å². The second kappa shape index (κ2) is 8.71. The number of furan rings is 1. The van der Waals surface area contributed by atoms with Crippen LogP contribution in [0, 0.1) is 19.8 Å². The number of carbonyl (C=O) groups excluding carboxylic acids is 1. The topological polar surface area (TPSA) is 60.1 Å². The fourth-order valence-electron chi connectivity index (χ4n) is 3.20. The van der Waals surface area contributed by atoms with Crippen LogP contribution in [0.15, 0.2) is 28.9 Å². The molecule has 0 aliphatic rings. The Bertz CT molecular complexity index is 625. The minimum atomic E-state index is -0.124. The highest BCUT2D eigenvalue weighted by molar-refractivity contribution is 5.78. The Morgan fingerprint density at radius 3 is 2.50 bits per heavy atom. The molecule has 1 amide bonds. The zero-order valence-electron chi connectivity index (χ0n) is 15.2. The molecule has 5 nitrogen and oxygen atoms in total. The highest BCUT2D eigenvalue weighted by Gasteiger charge is 2.23. The third kappa shape index (κ3) is 4.49. The van der Waals surface area contributed by atoms with Gasteiger partial charge in [0.1, 0.15) is 11.8 Å². The molecule has 0 aliphatic heterocycles. The van der Waals surface area contributed by atoms with Crippen LogP contribution in [-0.2, 0) is 4.79 Å².